The molecule has 0 bridgehead atoms. The molecule has 0 aliphatic heterocycles. The van der Waals surface area contributed by atoms with Crippen LogP contribution in [0.4, 0.5) is 0 Å². The van der Waals surface area contributed by atoms with Crippen LogP contribution in [0.25, 0.3) is 0 Å². The first-order valence-corrected chi connectivity index (χ1v) is 9.72. The Labute approximate surface area is 171 Å². The van der Waals surface area contributed by atoms with Gasteiger partial charge in [0.05, 0.1) is 0 Å². The minimum absolute atomic E-state index is 0.155. The van der Waals surface area contributed by atoms with Gasteiger partial charge in [0.2, 0.25) is 5.91 Å². The van der Waals surface area contributed by atoms with Crippen LogP contribution in [0.15, 0.2) is 42.5 Å². The fourth-order valence-corrected chi connectivity index (χ4v) is 3.09. The van der Waals surface area contributed by atoms with E-state index in [1.807, 2.05) is 57.2 Å². The standard InChI is InChI=1S/C22H27ClN2O3/c1-5-24-22(27)17(4)25(13-18-8-6-7-9-19(18)23)21(26)14-28-20-11-10-15(2)12-16(20)3/h6-12,17H,5,13-14H2,1-4H3,(H,24,27). The first-order valence-electron chi connectivity index (χ1n) is 9.34. The summed E-state index contributed by atoms with van der Waals surface area (Å²) in [6, 6.07) is 12.4. The number of benzene rings is 2. The lowest BCUT2D eigenvalue weighted by Gasteiger charge is -2.29. The highest BCUT2D eigenvalue weighted by molar-refractivity contribution is 6.31. The molecule has 0 heterocycles. The van der Waals surface area contributed by atoms with E-state index in [2.05, 4.69) is 5.32 Å². The summed E-state index contributed by atoms with van der Waals surface area (Å²) in [6.45, 7) is 8.05. The van der Waals surface area contributed by atoms with Gasteiger partial charge in [-0.1, -0.05) is 47.5 Å². The highest BCUT2D eigenvalue weighted by Crippen LogP contribution is 2.21. The summed E-state index contributed by atoms with van der Waals surface area (Å²) >= 11 is 6.26. The van der Waals surface area contributed by atoms with Gasteiger partial charge < -0.3 is 15.0 Å². The molecular weight excluding hydrogens is 376 g/mol. The molecular formula is C22H27ClN2O3. The number of halogens is 1. The molecule has 150 valence electrons. The molecule has 6 heteroatoms. The molecule has 2 aromatic rings. The van der Waals surface area contributed by atoms with Crippen molar-refractivity contribution < 1.29 is 14.3 Å². The third-order valence-electron chi connectivity index (χ3n) is 4.50. The van der Waals surface area contributed by atoms with Crippen LogP contribution >= 0.6 is 11.6 Å². The summed E-state index contributed by atoms with van der Waals surface area (Å²) < 4.78 is 5.74. The Morgan fingerprint density at radius 3 is 2.54 bits per heavy atom. The van der Waals surface area contributed by atoms with Crippen LogP contribution in [0, 0.1) is 13.8 Å². The van der Waals surface area contributed by atoms with Crippen LogP contribution in [0.3, 0.4) is 0 Å². The molecule has 0 saturated heterocycles. The molecule has 28 heavy (non-hydrogen) atoms. The predicted octanol–water partition coefficient (Wildman–Crippen LogP) is 3.89. The van der Waals surface area contributed by atoms with Gasteiger partial charge in [-0.25, -0.2) is 0 Å². The average molecular weight is 403 g/mol. The Balaban J connectivity index is 2.18. The molecule has 0 aliphatic carbocycles. The summed E-state index contributed by atoms with van der Waals surface area (Å²) in [5.41, 5.74) is 2.86. The second kappa shape index (κ2) is 10.1. The van der Waals surface area contributed by atoms with Gasteiger partial charge in [-0.05, 0) is 51.0 Å². The minimum atomic E-state index is -0.647. The van der Waals surface area contributed by atoms with E-state index in [-0.39, 0.29) is 25.0 Å². The van der Waals surface area contributed by atoms with Crippen molar-refractivity contribution in [3.05, 3.63) is 64.2 Å². The predicted molar refractivity (Wildman–Crippen MR) is 112 cm³/mol. The smallest absolute Gasteiger partial charge is 0.261 e. The first-order chi connectivity index (χ1) is 13.3. The van der Waals surface area contributed by atoms with Crippen molar-refractivity contribution in [1.29, 1.82) is 0 Å². The van der Waals surface area contributed by atoms with Crippen LogP contribution in [0.1, 0.15) is 30.5 Å². The van der Waals surface area contributed by atoms with E-state index in [1.165, 1.54) is 4.90 Å². The second-order valence-corrected chi connectivity index (χ2v) is 7.15. The molecule has 2 amide bonds. The summed E-state index contributed by atoms with van der Waals surface area (Å²) in [6.07, 6.45) is 0. The van der Waals surface area contributed by atoms with Gasteiger partial charge >= 0.3 is 0 Å². The number of amides is 2. The first kappa shape index (κ1) is 21.8. The third kappa shape index (κ3) is 5.73. The van der Waals surface area contributed by atoms with Gasteiger partial charge in [0.1, 0.15) is 11.8 Å². The molecule has 2 rings (SSSR count). The highest BCUT2D eigenvalue weighted by Gasteiger charge is 2.26. The third-order valence-corrected chi connectivity index (χ3v) is 4.87. The lowest BCUT2D eigenvalue weighted by Crippen LogP contribution is -2.49. The molecule has 1 N–H and O–H groups in total. The van der Waals surface area contributed by atoms with Crippen LogP contribution < -0.4 is 10.1 Å². The molecule has 1 atom stereocenters. The van der Waals surface area contributed by atoms with Gasteiger partial charge in [-0.15, -0.1) is 0 Å². The molecule has 0 radical (unpaired) electrons. The van der Waals surface area contributed by atoms with Crippen LogP contribution in [-0.2, 0) is 16.1 Å². The molecule has 0 aromatic heterocycles. The molecule has 1 unspecified atom stereocenters. The number of hydrogen-bond donors (Lipinski definition) is 1. The molecule has 5 nitrogen and oxygen atoms in total. The van der Waals surface area contributed by atoms with Crippen LogP contribution in [0.2, 0.25) is 5.02 Å². The van der Waals surface area contributed by atoms with Gasteiger partial charge in [-0.3, -0.25) is 9.59 Å². The number of likely N-dealkylation sites (N-methyl/N-ethyl adjacent to an activating group) is 1. The van der Waals surface area contributed by atoms with E-state index in [0.29, 0.717) is 17.3 Å². The summed E-state index contributed by atoms with van der Waals surface area (Å²) in [5.74, 6) is 0.162. The van der Waals surface area contributed by atoms with E-state index in [0.717, 1.165) is 16.7 Å². The number of nitrogens with zero attached hydrogens (tertiary/aromatic N) is 1. The Morgan fingerprint density at radius 2 is 1.89 bits per heavy atom. The van der Waals surface area contributed by atoms with Gasteiger partial charge in [0.15, 0.2) is 6.61 Å². The monoisotopic (exact) mass is 402 g/mol. The fourth-order valence-electron chi connectivity index (χ4n) is 2.90. The number of carbonyl (C=O) groups excluding carboxylic acids is 2. The molecule has 0 fully saturated rings. The second-order valence-electron chi connectivity index (χ2n) is 6.74. The fraction of sp³-hybridized carbons (Fsp3) is 0.364. The van der Waals surface area contributed by atoms with Crippen molar-refractivity contribution in [2.75, 3.05) is 13.2 Å². The number of rotatable bonds is 8. The minimum Gasteiger partial charge on any atom is -0.483 e. The number of carbonyl (C=O) groups is 2. The maximum absolute atomic E-state index is 12.9. The zero-order valence-electron chi connectivity index (χ0n) is 16.8. The van der Waals surface area contributed by atoms with E-state index in [1.54, 1.807) is 13.0 Å². The Kier molecular flexibility index (Phi) is 7.88. The lowest BCUT2D eigenvalue weighted by atomic mass is 10.1. The maximum atomic E-state index is 12.9. The lowest BCUT2D eigenvalue weighted by molar-refractivity contribution is -0.142. The zero-order valence-corrected chi connectivity index (χ0v) is 17.5. The van der Waals surface area contributed by atoms with Crippen molar-refractivity contribution in [3.8, 4) is 5.75 Å². The molecule has 0 aliphatic rings. The normalized spacial score (nSPS) is 11.6. The van der Waals surface area contributed by atoms with Gasteiger partial charge in [0, 0.05) is 18.1 Å². The number of nitrogens with one attached hydrogen (secondary N) is 1. The number of ether oxygens (including phenoxy) is 1. The van der Waals surface area contributed by atoms with Gasteiger partial charge in [0.25, 0.3) is 5.91 Å². The van der Waals surface area contributed by atoms with Crippen molar-refractivity contribution in [2.45, 2.75) is 40.3 Å². The average Bonchev–Trinajstić information content (AvgIpc) is 2.66. The maximum Gasteiger partial charge on any atom is 0.261 e. The quantitative estimate of drug-likeness (QED) is 0.728. The van der Waals surface area contributed by atoms with Crippen LogP contribution in [0.5, 0.6) is 5.75 Å². The van der Waals surface area contributed by atoms with E-state index < -0.39 is 6.04 Å². The zero-order chi connectivity index (χ0) is 20.7. The molecule has 0 saturated carbocycles. The topological polar surface area (TPSA) is 58.6 Å². The van der Waals surface area contributed by atoms with Crippen molar-refractivity contribution in [2.24, 2.45) is 0 Å². The van der Waals surface area contributed by atoms with Crippen molar-refractivity contribution >= 4 is 23.4 Å². The Morgan fingerprint density at radius 1 is 1.18 bits per heavy atom. The van der Waals surface area contributed by atoms with E-state index in [4.69, 9.17) is 16.3 Å². The largest absolute Gasteiger partial charge is 0.483 e. The summed E-state index contributed by atoms with van der Waals surface area (Å²) in [4.78, 5) is 26.8. The van der Waals surface area contributed by atoms with Crippen LogP contribution in [-0.4, -0.2) is 35.9 Å². The van der Waals surface area contributed by atoms with E-state index in [9.17, 15) is 9.59 Å². The van der Waals surface area contributed by atoms with E-state index >= 15 is 0 Å². The van der Waals surface area contributed by atoms with Crippen molar-refractivity contribution in [3.63, 3.8) is 0 Å². The highest BCUT2D eigenvalue weighted by atomic mass is 35.5. The molecule has 2 aromatic carbocycles. The number of aryl methyl sites for hydroxylation is 2. The Bertz CT molecular complexity index is 838. The van der Waals surface area contributed by atoms with Crippen molar-refractivity contribution in [1.82, 2.24) is 10.2 Å². The summed E-state index contributed by atoms with van der Waals surface area (Å²) in [5, 5.41) is 3.32. The summed E-state index contributed by atoms with van der Waals surface area (Å²) in [7, 11) is 0. The number of hydrogen-bond acceptors (Lipinski definition) is 3. The van der Waals surface area contributed by atoms with Gasteiger partial charge in [-0.2, -0.15) is 0 Å². The Hall–Kier alpha value is -2.53. The molecule has 0 spiro atoms. The SMILES string of the molecule is CCNC(=O)C(C)N(Cc1ccccc1Cl)C(=O)COc1ccc(C)cc1C.